The molecule has 0 saturated heterocycles. The molecule has 2 aliphatic rings. The van der Waals surface area contributed by atoms with Crippen LogP contribution in [0.15, 0.2) is 43.4 Å². The molecule has 4 heteroatoms. The molecule has 0 aromatic heterocycles. The van der Waals surface area contributed by atoms with Gasteiger partial charge < -0.3 is 0 Å². The molecule has 0 unspecified atom stereocenters. The van der Waals surface area contributed by atoms with E-state index in [1.807, 2.05) is 0 Å². The number of hydrogen-bond donors (Lipinski definition) is 0. The summed E-state index contributed by atoms with van der Waals surface area (Å²) in [6.45, 7) is 0. The van der Waals surface area contributed by atoms with Gasteiger partial charge in [-0.2, -0.15) is 0 Å². The molecular weight excluding hydrogens is 256 g/mol. The van der Waals surface area contributed by atoms with Crippen molar-refractivity contribution in [2.24, 2.45) is 0 Å². The molecule has 2 aromatic rings. The Balaban J connectivity index is 2.65. The maximum atomic E-state index is 12.1. The highest BCUT2D eigenvalue weighted by Gasteiger charge is 2.23. The lowest BCUT2D eigenvalue weighted by Crippen LogP contribution is -2.31. The average Bonchev–Trinajstić information content (AvgIpc) is 2.48. The van der Waals surface area contributed by atoms with Crippen LogP contribution >= 0.6 is 0 Å². The third-order valence-electron chi connectivity index (χ3n) is 3.63. The molecule has 0 amide bonds. The standard InChI is InChI=1S/C16H4O4/c17-13-7-3-1-4-8-11(7)12-9(15(13)19)5-2-6-10(12)16(20)14(8)18/h3-6H. The Kier molecular flexibility index (Phi) is 1.85. The first kappa shape index (κ1) is 11.0. The summed E-state index contributed by atoms with van der Waals surface area (Å²) in [4.78, 5) is 48.3. The lowest BCUT2D eigenvalue weighted by molar-refractivity contribution is 1.50. The van der Waals surface area contributed by atoms with Crippen LogP contribution in [-0.2, 0) is 0 Å². The summed E-state index contributed by atoms with van der Waals surface area (Å²) in [5, 5.41) is 0.531. The van der Waals surface area contributed by atoms with Crippen LogP contribution in [0.1, 0.15) is 0 Å². The minimum atomic E-state index is -0.682. The van der Waals surface area contributed by atoms with Crippen LogP contribution in [0.4, 0.5) is 0 Å². The monoisotopic (exact) mass is 260 g/mol. The van der Waals surface area contributed by atoms with Crippen molar-refractivity contribution >= 4 is 21.5 Å². The topological polar surface area (TPSA) is 68.3 Å². The molecule has 2 aromatic carbocycles. The van der Waals surface area contributed by atoms with E-state index in [0.29, 0.717) is 11.1 Å². The zero-order valence-electron chi connectivity index (χ0n) is 9.94. The van der Waals surface area contributed by atoms with Gasteiger partial charge in [0.15, 0.2) is 0 Å². The summed E-state index contributed by atoms with van der Waals surface area (Å²) in [5.74, 6) is 0. The number of hydrogen-bond acceptors (Lipinski definition) is 4. The van der Waals surface area contributed by atoms with Crippen molar-refractivity contribution in [3.8, 4) is 11.1 Å². The SMILES string of the molecule is O=c1c(=O)c2c[c]cc3c2-c2c1c[c]cc2c(=O)c3=O. The van der Waals surface area contributed by atoms with Crippen molar-refractivity contribution in [3.05, 3.63) is 77.3 Å². The molecule has 0 aliphatic heterocycles. The van der Waals surface area contributed by atoms with Gasteiger partial charge in [-0.05, 0) is 36.4 Å². The van der Waals surface area contributed by atoms with Crippen molar-refractivity contribution in [3.63, 3.8) is 0 Å². The van der Waals surface area contributed by atoms with Gasteiger partial charge in [0.25, 0.3) is 0 Å². The normalized spacial score (nSPS) is 11.8. The fourth-order valence-electron chi connectivity index (χ4n) is 2.74. The first-order chi connectivity index (χ1) is 9.61. The first-order valence-corrected chi connectivity index (χ1v) is 5.88. The fourth-order valence-corrected chi connectivity index (χ4v) is 2.74. The maximum Gasteiger partial charge on any atom is 0.234 e. The molecule has 20 heavy (non-hydrogen) atoms. The predicted molar refractivity (Wildman–Crippen MR) is 74.4 cm³/mol. The Labute approximate surface area is 110 Å². The minimum Gasteiger partial charge on any atom is -0.285 e. The second kappa shape index (κ2) is 3.36. The molecule has 4 rings (SSSR count). The third kappa shape index (κ3) is 1.07. The molecule has 0 N–H and O–H groups in total. The number of benzene rings is 4. The van der Waals surface area contributed by atoms with Crippen LogP contribution in [0.3, 0.4) is 0 Å². The van der Waals surface area contributed by atoms with Gasteiger partial charge in [0.1, 0.15) is 0 Å². The Hall–Kier alpha value is -2.88. The summed E-state index contributed by atoms with van der Waals surface area (Å²) in [6.07, 6.45) is 0. The van der Waals surface area contributed by atoms with Gasteiger partial charge in [-0.25, -0.2) is 0 Å². The van der Waals surface area contributed by atoms with E-state index < -0.39 is 21.7 Å². The van der Waals surface area contributed by atoms with E-state index in [9.17, 15) is 19.2 Å². The Bertz CT molecular complexity index is 984. The molecule has 4 nitrogen and oxygen atoms in total. The molecule has 92 valence electrons. The van der Waals surface area contributed by atoms with E-state index in [-0.39, 0.29) is 21.5 Å². The predicted octanol–water partition coefficient (Wildman–Crippen LogP) is 0.452. The van der Waals surface area contributed by atoms with E-state index in [4.69, 9.17) is 0 Å². The maximum absolute atomic E-state index is 12.1. The van der Waals surface area contributed by atoms with Gasteiger partial charge >= 0.3 is 0 Å². The number of rotatable bonds is 0. The lowest BCUT2D eigenvalue weighted by Gasteiger charge is -2.12. The third-order valence-corrected chi connectivity index (χ3v) is 3.63. The van der Waals surface area contributed by atoms with Crippen LogP contribution < -0.4 is 21.7 Å². The van der Waals surface area contributed by atoms with Gasteiger partial charge in [0.2, 0.25) is 21.7 Å². The van der Waals surface area contributed by atoms with E-state index in [2.05, 4.69) is 12.1 Å². The molecule has 0 saturated carbocycles. The van der Waals surface area contributed by atoms with Crippen molar-refractivity contribution in [2.75, 3.05) is 0 Å². The summed E-state index contributed by atoms with van der Waals surface area (Å²) in [7, 11) is 0. The van der Waals surface area contributed by atoms with E-state index in [1.165, 1.54) is 24.3 Å². The highest BCUT2D eigenvalue weighted by molar-refractivity contribution is 6.10. The lowest BCUT2D eigenvalue weighted by atomic mass is 9.87. The largest absolute Gasteiger partial charge is 0.285 e. The van der Waals surface area contributed by atoms with Gasteiger partial charge in [-0.1, -0.05) is 0 Å². The molecule has 0 spiro atoms. The second-order valence-corrected chi connectivity index (χ2v) is 4.63. The smallest absolute Gasteiger partial charge is 0.234 e. The molecule has 0 atom stereocenters. The Morgan fingerprint density at radius 1 is 0.500 bits per heavy atom. The van der Waals surface area contributed by atoms with Gasteiger partial charge in [0.05, 0.1) is 0 Å². The van der Waals surface area contributed by atoms with Crippen molar-refractivity contribution < 1.29 is 0 Å². The van der Waals surface area contributed by atoms with Crippen molar-refractivity contribution in [1.29, 1.82) is 0 Å². The molecule has 0 bridgehead atoms. The minimum absolute atomic E-state index is 0.133. The zero-order chi connectivity index (χ0) is 14.0. The van der Waals surface area contributed by atoms with Crippen LogP contribution in [0.25, 0.3) is 32.7 Å². The van der Waals surface area contributed by atoms with Crippen LogP contribution in [0.5, 0.6) is 0 Å². The summed E-state index contributed by atoms with van der Waals surface area (Å²) in [6, 6.07) is 10.8. The molecule has 2 aliphatic carbocycles. The van der Waals surface area contributed by atoms with Crippen LogP contribution in [0.2, 0.25) is 0 Å². The van der Waals surface area contributed by atoms with Gasteiger partial charge in [-0.3, -0.25) is 19.2 Å². The fraction of sp³-hybridized carbons (Fsp3) is 0. The van der Waals surface area contributed by atoms with Gasteiger partial charge in [0, 0.05) is 32.7 Å². The summed E-state index contributed by atoms with van der Waals surface area (Å²) >= 11 is 0. The van der Waals surface area contributed by atoms with Crippen molar-refractivity contribution in [2.45, 2.75) is 0 Å². The highest BCUT2D eigenvalue weighted by atomic mass is 16.2. The summed E-state index contributed by atoms with van der Waals surface area (Å²) in [5.41, 5.74) is -1.98. The Morgan fingerprint density at radius 2 is 0.750 bits per heavy atom. The van der Waals surface area contributed by atoms with E-state index >= 15 is 0 Å². The first-order valence-electron chi connectivity index (χ1n) is 5.88. The van der Waals surface area contributed by atoms with Gasteiger partial charge in [-0.15, -0.1) is 0 Å². The van der Waals surface area contributed by atoms with E-state index in [0.717, 1.165) is 0 Å². The van der Waals surface area contributed by atoms with E-state index in [1.54, 1.807) is 0 Å². The van der Waals surface area contributed by atoms with Crippen LogP contribution in [-0.4, -0.2) is 0 Å². The summed E-state index contributed by atoms with van der Waals surface area (Å²) < 4.78 is 0. The molecule has 0 fully saturated rings. The second-order valence-electron chi connectivity index (χ2n) is 4.63. The molecule has 0 heterocycles. The molecular formula is C16H4O4. The van der Waals surface area contributed by atoms with Crippen LogP contribution in [0, 0.1) is 12.1 Å². The van der Waals surface area contributed by atoms with Crippen molar-refractivity contribution in [1.82, 2.24) is 0 Å². The Morgan fingerprint density at radius 3 is 1.00 bits per heavy atom. The quantitative estimate of drug-likeness (QED) is 0.340. The zero-order valence-corrected chi connectivity index (χ0v) is 9.94. The highest BCUT2D eigenvalue weighted by Crippen LogP contribution is 2.33. The molecule has 2 radical (unpaired) electrons. The average molecular weight is 260 g/mol.